The van der Waals surface area contributed by atoms with E-state index >= 15 is 0 Å². The van der Waals surface area contributed by atoms with E-state index in [1.165, 1.54) is 16.8 Å². The highest BCUT2D eigenvalue weighted by molar-refractivity contribution is 7.79. The minimum atomic E-state index is -2.25. The molecule has 0 fully saturated rings. The molecule has 0 radical (unpaired) electrons. The van der Waals surface area contributed by atoms with Crippen LogP contribution in [0.3, 0.4) is 0 Å². The first-order chi connectivity index (χ1) is 11.6. The third-order valence-electron chi connectivity index (χ3n) is 3.15. The van der Waals surface area contributed by atoms with E-state index in [1.54, 1.807) is 36.4 Å². The van der Waals surface area contributed by atoms with Crippen LogP contribution in [0.5, 0.6) is 0 Å². The first kappa shape index (κ1) is 16.2. The van der Waals surface area contributed by atoms with Crippen molar-refractivity contribution in [2.75, 3.05) is 5.32 Å². The molecule has 1 atom stereocenters. The fraction of sp³-hybridized carbons (Fsp3) is 0. The molecule has 0 bridgehead atoms. The van der Waals surface area contributed by atoms with Crippen LogP contribution >= 0.6 is 12.2 Å². The molecular formula is C14H11N5O3S2. The molecule has 3 N–H and O–H groups in total. The second-order valence-corrected chi connectivity index (χ2v) is 5.97. The molecule has 10 heteroatoms. The first-order valence-electron chi connectivity index (χ1n) is 6.68. The highest BCUT2D eigenvalue weighted by Crippen LogP contribution is 2.17. The van der Waals surface area contributed by atoms with Gasteiger partial charge in [0.15, 0.2) is 11.1 Å². The molecule has 1 amide bonds. The average molecular weight is 361 g/mol. The maximum absolute atomic E-state index is 12.4. The Hall–Kier alpha value is -2.69. The molecule has 0 aliphatic rings. The van der Waals surface area contributed by atoms with E-state index in [0.29, 0.717) is 11.4 Å². The van der Waals surface area contributed by atoms with Crippen molar-refractivity contribution in [3.05, 3.63) is 58.9 Å². The summed E-state index contributed by atoms with van der Waals surface area (Å²) in [5.74, 6) is -0.489. The highest BCUT2D eigenvalue weighted by Gasteiger charge is 2.15. The Morgan fingerprint density at radius 1 is 1.25 bits per heavy atom. The maximum atomic E-state index is 12.4. The predicted molar refractivity (Wildman–Crippen MR) is 90.0 cm³/mol. The summed E-state index contributed by atoms with van der Waals surface area (Å²) in [5.41, 5.74) is 1.26. The van der Waals surface area contributed by atoms with E-state index in [0.717, 1.165) is 0 Å². The minimum absolute atomic E-state index is 0.0474. The van der Waals surface area contributed by atoms with Gasteiger partial charge in [0.2, 0.25) is 4.77 Å². The lowest BCUT2D eigenvalue weighted by Crippen LogP contribution is -2.14. The van der Waals surface area contributed by atoms with Crippen molar-refractivity contribution in [2.45, 2.75) is 4.90 Å². The van der Waals surface area contributed by atoms with Crippen molar-refractivity contribution in [1.29, 1.82) is 0 Å². The molecule has 24 heavy (non-hydrogen) atoms. The summed E-state index contributed by atoms with van der Waals surface area (Å²) < 4.78 is 22.3. The molecule has 3 rings (SSSR count). The molecule has 0 aliphatic carbocycles. The molecule has 2 aromatic carbocycles. The summed E-state index contributed by atoms with van der Waals surface area (Å²) in [7, 11) is 0. The van der Waals surface area contributed by atoms with Crippen LogP contribution in [-0.2, 0) is 11.1 Å². The Morgan fingerprint density at radius 3 is 2.75 bits per heavy atom. The van der Waals surface area contributed by atoms with E-state index in [9.17, 15) is 13.6 Å². The Bertz CT molecular complexity index is 982. The number of carbonyl (C=O) groups is 1. The first-order valence-corrected chi connectivity index (χ1v) is 8.19. The van der Waals surface area contributed by atoms with Gasteiger partial charge in [-0.15, -0.1) is 0 Å². The van der Waals surface area contributed by atoms with Gasteiger partial charge in [0.25, 0.3) is 5.91 Å². The van der Waals surface area contributed by atoms with Crippen molar-refractivity contribution in [3.63, 3.8) is 0 Å². The van der Waals surface area contributed by atoms with E-state index in [-0.39, 0.29) is 15.2 Å². The van der Waals surface area contributed by atoms with Crippen LogP contribution in [0.1, 0.15) is 10.4 Å². The largest absolute Gasteiger partial charge is 0.322 e. The zero-order valence-corrected chi connectivity index (χ0v) is 13.7. The highest BCUT2D eigenvalue weighted by atomic mass is 32.2. The molecule has 1 unspecified atom stereocenters. The number of rotatable bonds is 4. The van der Waals surface area contributed by atoms with Crippen molar-refractivity contribution < 1.29 is 13.6 Å². The van der Waals surface area contributed by atoms with Gasteiger partial charge in [-0.25, -0.2) is 8.89 Å². The molecule has 0 saturated carbocycles. The molecular weight excluding hydrogens is 350 g/mol. The Morgan fingerprint density at radius 2 is 2.04 bits per heavy atom. The fourth-order valence-corrected chi connectivity index (χ4v) is 2.82. The smallest absolute Gasteiger partial charge is 0.256 e. The second kappa shape index (κ2) is 6.83. The van der Waals surface area contributed by atoms with Gasteiger partial charge in [-0.05, 0) is 42.5 Å². The average Bonchev–Trinajstić information content (AvgIpc) is 3.01. The maximum Gasteiger partial charge on any atom is 0.256 e. The number of hydrogen-bond donors (Lipinski definition) is 3. The van der Waals surface area contributed by atoms with Crippen LogP contribution in [0.4, 0.5) is 5.69 Å². The van der Waals surface area contributed by atoms with Crippen LogP contribution in [0.2, 0.25) is 0 Å². The Kier molecular flexibility index (Phi) is 4.60. The summed E-state index contributed by atoms with van der Waals surface area (Å²) in [6.07, 6.45) is 0. The fourth-order valence-electron chi connectivity index (χ4n) is 2.09. The summed E-state index contributed by atoms with van der Waals surface area (Å²) in [6.45, 7) is 0. The third kappa shape index (κ3) is 3.30. The van der Waals surface area contributed by atoms with E-state index in [2.05, 4.69) is 20.8 Å². The Balaban J connectivity index is 1.90. The summed E-state index contributed by atoms with van der Waals surface area (Å²) in [6, 6.07) is 13.0. The number of nitrogens with one attached hydrogen (secondary N) is 2. The van der Waals surface area contributed by atoms with Crippen molar-refractivity contribution in [1.82, 2.24) is 20.2 Å². The normalized spacial score (nSPS) is 11.9. The monoisotopic (exact) mass is 361 g/mol. The molecule has 0 spiro atoms. The van der Waals surface area contributed by atoms with Gasteiger partial charge in [-0.2, -0.15) is 5.21 Å². The van der Waals surface area contributed by atoms with Gasteiger partial charge in [0.1, 0.15) is 0 Å². The van der Waals surface area contributed by atoms with E-state index in [1.807, 2.05) is 0 Å². The van der Waals surface area contributed by atoms with Crippen LogP contribution < -0.4 is 5.32 Å². The molecule has 8 nitrogen and oxygen atoms in total. The number of benzene rings is 2. The molecule has 0 saturated heterocycles. The lowest BCUT2D eigenvalue weighted by molar-refractivity contribution is 0.102. The van der Waals surface area contributed by atoms with Crippen LogP contribution in [-0.4, -0.2) is 34.9 Å². The van der Waals surface area contributed by atoms with Gasteiger partial charge in [0.05, 0.1) is 16.1 Å². The van der Waals surface area contributed by atoms with Crippen molar-refractivity contribution >= 4 is 34.9 Å². The lowest BCUT2D eigenvalue weighted by atomic mass is 10.2. The van der Waals surface area contributed by atoms with E-state index < -0.39 is 17.0 Å². The van der Waals surface area contributed by atoms with Crippen LogP contribution in [0, 0.1) is 4.77 Å². The molecule has 3 aromatic rings. The Labute approximate surface area is 143 Å². The van der Waals surface area contributed by atoms with Crippen molar-refractivity contribution in [2.24, 2.45) is 0 Å². The van der Waals surface area contributed by atoms with Gasteiger partial charge in [-0.3, -0.25) is 4.79 Å². The number of aromatic nitrogens is 4. The number of aromatic amines is 1. The molecule has 0 aliphatic heterocycles. The number of nitrogens with zero attached hydrogens (tertiary/aromatic N) is 3. The number of anilines is 1. The second-order valence-electron chi connectivity index (χ2n) is 4.67. The minimum Gasteiger partial charge on any atom is -0.322 e. The number of tetrazole rings is 1. The summed E-state index contributed by atoms with van der Waals surface area (Å²) >= 11 is 2.78. The third-order valence-corrected chi connectivity index (χ3v) is 4.15. The molecule has 1 heterocycles. The topological polar surface area (TPSA) is 113 Å². The number of hydrogen-bond acceptors (Lipinski definition) is 5. The van der Waals surface area contributed by atoms with Crippen molar-refractivity contribution in [3.8, 4) is 5.69 Å². The number of H-pyrrole nitrogens is 1. The lowest BCUT2D eigenvalue weighted by Gasteiger charge is -2.09. The van der Waals surface area contributed by atoms with Crippen LogP contribution in [0.15, 0.2) is 53.4 Å². The van der Waals surface area contributed by atoms with Crippen LogP contribution in [0.25, 0.3) is 5.69 Å². The summed E-state index contributed by atoms with van der Waals surface area (Å²) in [4.78, 5) is 12.4. The molecule has 122 valence electrons. The van der Waals surface area contributed by atoms with Gasteiger partial charge in [0, 0.05) is 5.69 Å². The quantitative estimate of drug-likeness (QED) is 0.485. The van der Waals surface area contributed by atoms with Gasteiger partial charge in [-0.1, -0.05) is 28.5 Å². The zero-order chi connectivity index (χ0) is 17.1. The summed E-state index contributed by atoms with van der Waals surface area (Å²) in [5, 5.41) is 12.6. The van der Waals surface area contributed by atoms with E-state index in [4.69, 9.17) is 12.2 Å². The number of amides is 1. The molecule has 1 aromatic heterocycles. The van der Waals surface area contributed by atoms with Gasteiger partial charge >= 0.3 is 0 Å². The zero-order valence-electron chi connectivity index (χ0n) is 12.0. The number of carbonyl (C=O) groups excluding carboxylic acids is 1. The van der Waals surface area contributed by atoms with Gasteiger partial charge < -0.3 is 9.87 Å². The predicted octanol–water partition coefficient (Wildman–Crippen LogP) is 2.16. The standard InChI is InChI=1S/C14H11N5O3S2/c20-13(11-6-1-2-7-12(11)24(21)22)15-9-4-3-5-10(8-9)19-14(23)16-17-18-19/h1-8H,(H,15,20)(H,21,22)(H,16,18,23). The SMILES string of the molecule is O=C(Nc1cccc(-n2[nH]nnc2=S)c1)c1ccccc1S(=O)O.